The van der Waals surface area contributed by atoms with E-state index in [0.29, 0.717) is 18.5 Å². The molecule has 0 saturated heterocycles. The number of rotatable bonds is 3. The number of nitrogens with zero attached hydrogens (tertiary/aromatic N) is 4. The molecule has 0 unspecified atom stereocenters. The zero-order valence-corrected chi connectivity index (χ0v) is 11.5. The van der Waals surface area contributed by atoms with Gasteiger partial charge in [0.05, 0.1) is 11.0 Å². The SMILES string of the molecule is Cn1c(=O)nc2n(CCCO)c3ccccc3nc-2c1=O. The molecule has 7 heteroatoms. The van der Waals surface area contributed by atoms with Crippen LogP contribution in [0.5, 0.6) is 0 Å². The van der Waals surface area contributed by atoms with Crippen molar-refractivity contribution in [3.05, 3.63) is 45.1 Å². The van der Waals surface area contributed by atoms with E-state index >= 15 is 0 Å². The summed E-state index contributed by atoms with van der Waals surface area (Å²) < 4.78 is 2.71. The molecular formula is C14H14N4O3. The smallest absolute Gasteiger partial charge is 0.352 e. The largest absolute Gasteiger partial charge is 0.396 e. The van der Waals surface area contributed by atoms with Crippen molar-refractivity contribution in [2.24, 2.45) is 7.05 Å². The number of hydrogen-bond donors (Lipinski definition) is 1. The second-order valence-corrected chi connectivity index (χ2v) is 4.76. The molecule has 2 aliphatic heterocycles. The molecule has 0 aromatic heterocycles. The van der Waals surface area contributed by atoms with Crippen molar-refractivity contribution < 1.29 is 5.11 Å². The fraction of sp³-hybridized carbons (Fsp3) is 0.286. The summed E-state index contributed by atoms with van der Waals surface area (Å²) in [5.74, 6) is 0.259. The summed E-state index contributed by atoms with van der Waals surface area (Å²) in [6.07, 6.45) is 0.499. The lowest BCUT2D eigenvalue weighted by Crippen LogP contribution is -2.36. The van der Waals surface area contributed by atoms with E-state index in [1.165, 1.54) is 7.05 Å². The highest BCUT2D eigenvalue weighted by Crippen LogP contribution is 2.20. The Bertz CT molecular complexity index is 897. The third-order valence-corrected chi connectivity index (χ3v) is 3.41. The molecular weight excluding hydrogens is 272 g/mol. The van der Waals surface area contributed by atoms with Crippen LogP contribution in [0, 0.1) is 0 Å². The van der Waals surface area contributed by atoms with E-state index < -0.39 is 11.2 Å². The van der Waals surface area contributed by atoms with E-state index in [4.69, 9.17) is 5.11 Å². The number of aliphatic hydroxyl groups excluding tert-OH is 1. The van der Waals surface area contributed by atoms with E-state index in [9.17, 15) is 9.59 Å². The quantitative estimate of drug-likeness (QED) is 0.683. The predicted octanol–water partition coefficient (Wildman–Crippen LogP) is -0.0226. The normalized spacial score (nSPS) is 11.3. The highest BCUT2D eigenvalue weighted by molar-refractivity contribution is 5.79. The van der Waals surface area contributed by atoms with E-state index in [-0.39, 0.29) is 18.1 Å². The van der Waals surface area contributed by atoms with Gasteiger partial charge in [-0.25, -0.2) is 9.78 Å². The summed E-state index contributed by atoms with van der Waals surface area (Å²) in [5.41, 5.74) is 0.517. The van der Waals surface area contributed by atoms with Crippen molar-refractivity contribution in [3.63, 3.8) is 0 Å². The van der Waals surface area contributed by atoms with Gasteiger partial charge in [-0.1, -0.05) is 12.1 Å². The number of benzene rings is 1. The van der Waals surface area contributed by atoms with Gasteiger partial charge >= 0.3 is 5.69 Å². The monoisotopic (exact) mass is 286 g/mol. The van der Waals surface area contributed by atoms with Gasteiger partial charge in [0.2, 0.25) is 0 Å². The molecule has 0 bridgehead atoms. The van der Waals surface area contributed by atoms with Crippen molar-refractivity contribution in [2.45, 2.75) is 13.0 Å². The molecule has 0 spiro atoms. The summed E-state index contributed by atoms with van der Waals surface area (Å²) in [6.45, 7) is 0.468. The van der Waals surface area contributed by atoms with Crippen LogP contribution >= 0.6 is 0 Å². The number of fused-ring (bicyclic) bond motifs is 2. The Morgan fingerprint density at radius 2 is 1.95 bits per heavy atom. The summed E-state index contributed by atoms with van der Waals surface area (Å²) in [4.78, 5) is 32.3. The standard InChI is InChI=1S/C14H14N4O3/c1-17-13(20)11-12(16-14(17)21)18(7-4-8-19)10-6-3-2-5-9(10)15-11/h2-3,5-6,19H,4,7-8H2,1H3. The lowest BCUT2D eigenvalue weighted by Gasteiger charge is -2.16. The van der Waals surface area contributed by atoms with Crippen LogP contribution in [0.2, 0.25) is 0 Å². The van der Waals surface area contributed by atoms with Crippen LogP contribution in [0.4, 0.5) is 0 Å². The van der Waals surface area contributed by atoms with Crippen molar-refractivity contribution in [3.8, 4) is 11.5 Å². The molecule has 0 fully saturated rings. The van der Waals surface area contributed by atoms with Crippen molar-refractivity contribution in [2.75, 3.05) is 6.61 Å². The minimum absolute atomic E-state index is 0.0141. The Morgan fingerprint density at radius 1 is 1.19 bits per heavy atom. The van der Waals surface area contributed by atoms with Gasteiger partial charge in [0.1, 0.15) is 0 Å². The second kappa shape index (κ2) is 5.10. The average Bonchev–Trinajstić information content (AvgIpc) is 2.50. The van der Waals surface area contributed by atoms with Crippen LogP contribution in [0.3, 0.4) is 0 Å². The van der Waals surface area contributed by atoms with Crippen LogP contribution in [-0.2, 0) is 13.6 Å². The zero-order chi connectivity index (χ0) is 15.0. The summed E-state index contributed by atoms with van der Waals surface area (Å²) in [5, 5.41) is 9.05. The Labute approximate surface area is 119 Å². The molecule has 3 rings (SSSR count). The Balaban J connectivity index is 2.47. The first kappa shape index (κ1) is 13.4. The molecule has 108 valence electrons. The lowest BCUT2D eigenvalue weighted by molar-refractivity contribution is 0.280. The fourth-order valence-electron chi connectivity index (χ4n) is 2.32. The predicted molar refractivity (Wildman–Crippen MR) is 77.4 cm³/mol. The van der Waals surface area contributed by atoms with Crippen LogP contribution in [0.15, 0.2) is 33.9 Å². The van der Waals surface area contributed by atoms with Crippen molar-refractivity contribution >= 4 is 11.0 Å². The Morgan fingerprint density at radius 3 is 2.71 bits per heavy atom. The maximum atomic E-state index is 12.2. The van der Waals surface area contributed by atoms with Gasteiger partial charge in [-0.15, -0.1) is 0 Å². The van der Waals surface area contributed by atoms with E-state index in [1.807, 2.05) is 18.2 Å². The number of hydrogen-bond acceptors (Lipinski definition) is 5. The van der Waals surface area contributed by atoms with Crippen molar-refractivity contribution in [1.29, 1.82) is 0 Å². The van der Waals surface area contributed by atoms with Gasteiger partial charge in [0.15, 0.2) is 11.5 Å². The topological polar surface area (TPSA) is 90.0 Å². The summed E-state index contributed by atoms with van der Waals surface area (Å²) in [6, 6.07) is 7.33. The average molecular weight is 286 g/mol. The van der Waals surface area contributed by atoms with Crippen LogP contribution < -0.4 is 11.2 Å². The number of para-hydroxylation sites is 2. The number of aromatic nitrogens is 4. The van der Waals surface area contributed by atoms with Crippen LogP contribution in [0.25, 0.3) is 22.6 Å². The maximum Gasteiger partial charge on any atom is 0.352 e. The van der Waals surface area contributed by atoms with Crippen LogP contribution in [0.1, 0.15) is 6.42 Å². The zero-order valence-electron chi connectivity index (χ0n) is 11.5. The minimum atomic E-state index is -0.609. The maximum absolute atomic E-state index is 12.2. The first-order chi connectivity index (χ1) is 10.1. The van der Waals surface area contributed by atoms with Crippen LogP contribution in [-0.4, -0.2) is 30.8 Å². The van der Waals surface area contributed by atoms with Gasteiger partial charge in [0.25, 0.3) is 5.56 Å². The number of aliphatic hydroxyl groups is 1. The molecule has 2 heterocycles. The van der Waals surface area contributed by atoms with Gasteiger partial charge in [0, 0.05) is 20.2 Å². The molecule has 0 radical (unpaired) electrons. The minimum Gasteiger partial charge on any atom is -0.396 e. The summed E-state index contributed by atoms with van der Waals surface area (Å²) in [7, 11) is 1.38. The third kappa shape index (κ3) is 2.11. The highest BCUT2D eigenvalue weighted by atomic mass is 16.3. The third-order valence-electron chi connectivity index (χ3n) is 3.41. The lowest BCUT2D eigenvalue weighted by atomic mass is 10.2. The van der Waals surface area contributed by atoms with Gasteiger partial charge in [-0.05, 0) is 18.6 Å². The molecule has 7 nitrogen and oxygen atoms in total. The molecule has 0 aliphatic carbocycles. The van der Waals surface area contributed by atoms with E-state index in [1.54, 1.807) is 10.6 Å². The molecule has 1 N–H and O–H groups in total. The van der Waals surface area contributed by atoms with Gasteiger partial charge < -0.3 is 9.67 Å². The Kier molecular flexibility index (Phi) is 3.26. The first-order valence-corrected chi connectivity index (χ1v) is 6.60. The van der Waals surface area contributed by atoms with E-state index in [0.717, 1.165) is 10.1 Å². The highest BCUT2D eigenvalue weighted by Gasteiger charge is 2.19. The Hall–Kier alpha value is -2.54. The van der Waals surface area contributed by atoms with Crippen molar-refractivity contribution in [1.82, 2.24) is 19.1 Å². The van der Waals surface area contributed by atoms with Gasteiger partial charge in [-0.2, -0.15) is 4.98 Å². The first-order valence-electron chi connectivity index (χ1n) is 6.60. The molecule has 0 amide bonds. The van der Waals surface area contributed by atoms with Gasteiger partial charge in [-0.3, -0.25) is 9.36 Å². The summed E-state index contributed by atoms with van der Waals surface area (Å²) >= 11 is 0. The molecule has 21 heavy (non-hydrogen) atoms. The molecule has 0 saturated carbocycles. The molecule has 1 aromatic carbocycles. The van der Waals surface area contributed by atoms with E-state index in [2.05, 4.69) is 9.97 Å². The fourth-order valence-corrected chi connectivity index (χ4v) is 2.32. The second-order valence-electron chi connectivity index (χ2n) is 4.76. The number of aryl methyl sites for hydroxylation is 1. The molecule has 1 aromatic rings. The molecule has 2 aliphatic rings. The molecule has 0 atom stereocenters.